The zero-order valence-corrected chi connectivity index (χ0v) is 17.4. The topological polar surface area (TPSA) is 88.0 Å². The Kier molecular flexibility index (Phi) is 6.14. The van der Waals surface area contributed by atoms with E-state index in [2.05, 4.69) is 25.7 Å². The lowest BCUT2D eigenvalue weighted by Crippen LogP contribution is -2.21. The van der Waals surface area contributed by atoms with Crippen LogP contribution in [0.5, 0.6) is 0 Å². The number of nitrogens with zero attached hydrogens (tertiary/aromatic N) is 5. The number of aromatic nitrogens is 4. The van der Waals surface area contributed by atoms with E-state index in [0.717, 1.165) is 6.20 Å². The fraction of sp³-hybridized carbons (Fsp3) is 0.300. The van der Waals surface area contributed by atoms with Crippen LogP contribution in [0.4, 0.5) is 30.6 Å². The summed E-state index contributed by atoms with van der Waals surface area (Å²) in [6, 6.07) is 6.91. The van der Waals surface area contributed by atoms with Crippen LogP contribution in [0.1, 0.15) is 28.5 Å². The highest BCUT2D eigenvalue weighted by atomic mass is 19.4. The summed E-state index contributed by atoms with van der Waals surface area (Å²) >= 11 is 0. The molecule has 164 valence electrons. The average molecular weight is 433 g/mol. The Morgan fingerprint density at radius 1 is 1.19 bits per heavy atom. The molecule has 3 aromatic rings. The van der Waals surface area contributed by atoms with Crippen molar-refractivity contribution in [2.45, 2.75) is 20.0 Å². The Balaban J connectivity index is 1.85. The van der Waals surface area contributed by atoms with Gasteiger partial charge in [-0.25, -0.2) is 9.67 Å². The van der Waals surface area contributed by atoms with Crippen molar-refractivity contribution in [2.24, 2.45) is 0 Å². The summed E-state index contributed by atoms with van der Waals surface area (Å²) in [4.78, 5) is 21.3. The molecule has 1 aromatic carbocycles. The number of halogens is 3. The van der Waals surface area contributed by atoms with Gasteiger partial charge in [-0.1, -0.05) is 0 Å². The smallest absolute Gasteiger partial charge is 0.370 e. The molecule has 0 aliphatic heterocycles. The molecule has 1 amide bonds. The molecule has 0 unspecified atom stereocenters. The maximum atomic E-state index is 13.1. The van der Waals surface area contributed by atoms with Crippen LogP contribution in [0.25, 0.3) is 5.69 Å². The summed E-state index contributed by atoms with van der Waals surface area (Å²) in [6.45, 7) is 3.71. The first-order valence-corrected chi connectivity index (χ1v) is 9.43. The van der Waals surface area contributed by atoms with Crippen molar-refractivity contribution in [1.82, 2.24) is 24.6 Å². The lowest BCUT2D eigenvalue weighted by Gasteiger charge is -2.13. The standard InChI is InChI=1S/C20H22F3N7O/c1-5-24-17-15(20(21,22)23)10-25-19(27-17)26-16-11-30(28-12(16)2)14-8-6-13(7-9-14)18(31)29(3)4/h6-11H,5H2,1-4H3,(H2,24,25,26,27). The quantitative estimate of drug-likeness (QED) is 0.614. The highest BCUT2D eigenvalue weighted by Crippen LogP contribution is 2.34. The lowest BCUT2D eigenvalue weighted by atomic mass is 10.2. The van der Waals surface area contributed by atoms with Crippen LogP contribution < -0.4 is 10.6 Å². The van der Waals surface area contributed by atoms with E-state index in [1.165, 1.54) is 4.90 Å². The van der Waals surface area contributed by atoms with Gasteiger partial charge >= 0.3 is 6.18 Å². The number of amides is 1. The molecule has 0 radical (unpaired) electrons. The predicted octanol–water partition coefficient (Wildman–Crippen LogP) is 3.87. The number of rotatable bonds is 6. The van der Waals surface area contributed by atoms with Crippen LogP contribution in [0.15, 0.2) is 36.7 Å². The normalized spacial score (nSPS) is 11.3. The summed E-state index contributed by atoms with van der Waals surface area (Å²) in [5, 5.41) is 9.93. The molecule has 31 heavy (non-hydrogen) atoms. The maximum Gasteiger partial charge on any atom is 0.421 e. The minimum Gasteiger partial charge on any atom is -0.370 e. The van der Waals surface area contributed by atoms with Crippen molar-refractivity contribution in [1.29, 1.82) is 0 Å². The van der Waals surface area contributed by atoms with Crippen molar-refractivity contribution in [3.8, 4) is 5.69 Å². The van der Waals surface area contributed by atoms with Crippen LogP contribution in [-0.2, 0) is 6.18 Å². The third-order valence-electron chi connectivity index (χ3n) is 4.37. The van der Waals surface area contributed by atoms with Crippen LogP contribution in [0, 0.1) is 6.92 Å². The van der Waals surface area contributed by atoms with Gasteiger partial charge in [-0.15, -0.1) is 0 Å². The Bertz CT molecular complexity index is 1080. The zero-order valence-electron chi connectivity index (χ0n) is 17.4. The van der Waals surface area contributed by atoms with E-state index in [1.54, 1.807) is 63.1 Å². The summed E-state index contributed by atoms with van der Waals surface area (Å²) in [7, 11) is 3.35. The molecule has 3 rings (SSSR count). The Hall–Kier alpha value is -3.63. The number of benzene rings is 1. The molecular formula is C20H22F3N7O. The zero-order chi connectivity index (χ0) is 22.8. The van der Waals surface area contributed by atoms with Crippen molar-refractivity contribution in [3.63, 3.8) is 0 Å². The van der Waals surface area contributed by atoms with E-state index < -0.39 is 11.7 Å². The third kappa shape index (κ3) is 4.93. The van der Waals surface area contributed by atoms with Crippen LogP contribution in [0.3, 0.4) is 0 Å². The summed E-state index contributed by atoms with van der Waals surface area (Å²) in [6.07, 6.45) is -2.14. The first-order chi connectivity index (χ1) is 14.6. The summed E-state index contributed by atoms with van der Waals surface area (Å²) in [5.74, 6) is -0.390. The molecule has 11 heteroatoms. The lowest BCUT2D eigenvalue weighted by molar-refractivity contribution is -0.137. The number of aryl methyl sites for hydroxylation is 1. The minimum atomic E-state index is -4.56. The van der Waals surface area contributed by atoms with E-state index in [9.17, 15) is 18.0 Å². The van der Waals surface area contributed by atoms with Crippen LogP contribution in [0.2, 0.25) is 0 Å². The molecule has 0 saturated carbocycles. The number of hydrogen-bond acceptors (Lipinski definition) is 6. The molecule has 0 aliphatic carbocycles. The molecule has 8 nitrogen and oxygen atoms in total. The second kappa shape index (κ2) is 8.62. The third-order valence-corrected chi connectivity index (χ3v) is 4.37. The molecule has 0 bridgehead atoms. The fourth-order valence-electron chi connectivity index (χ4n) is 2.80. The minimum absolute atomic E-state index is 0.0125. The Labute approximate surface area is 177 Å². The SMILES string of the molecule is CCNc1nc(Nc2cn(-c3ccc(C(=O)N(C)C)cc3)nc2C)ncc1C(F)(F)F. The van der Waals surface area contributed by atoms with Gasteiger partial charge in [0.05, 0.1) is 23.3 Å². The van der Waals surface area contributed by atoms with Gasteiger partial charge in [-0.05, 0) is 38.1 Å². The number of nitrogens with one attached hydrogen (secondary N) is 2. The van der Waals surface area contributed by atoms with Gasteiger partial charge in [-0.3, -0.25) is 4.79 Å². The number of anilines is 3. The van der Waals surface area contributed by atoms with Gasteiger partial charge in [-0.2, -0.15) is 23.3 Å². The molecule has 2 aromatic heterocycles. The Morgan fingerprint density at radius 3 is 2.45 bits per heavy atom. The molecule has 0 atom stereocenters. The van der Waals surface area contributed by atoms with E-state index in [0.29, 0.717) is 22.6 Å². The second-order valence-electron chi connectivity index (χ2n) is 6.93. The summed E-state index contributed by atoms with van der Waals surface area (Å²) < 4.78 is 41.0. The van der Waals surface area contributed by atoms with E-state index in [-0.39, 0.29) is 24.2 Å². The number of carbonyl (C=O) groups excluding carboxylic acids is 1. The van der Waals surface area contributed by atoms with Gasteiger partial charge in [0.15, 0.2) is 0 Å². The van der Waals surface area contributed by atoms with E-state index in [1.807, 2.05) is 0 Å². The Morgan fingerprint density at radius 2 is 1.87 bits per heavy atom. The average Bonchev–Trinajstić information content (AvgIpc) is 3.07. The van der Waals surface area contributed by atoms with Crippen molar-refractivity contribution in [3.05, 3.63) is 53.5 Å². The van der Waals surface area contributed by atoms with Gasteiger partial charge in [0.1, 0.15) is 11.4 Å². The first-order valence-electron chi connectivity index (χ1n) is 9.43. The summed E-state index contributed by atoms with van der Waals surface area (Å²) in [5.41, 5.74) is 1.47. The molecule has 0 fully saturated rings. The number of carbonyl (C=O) groups is 1. The van der Waals surface area contributed by atoms with E-state index >= 15 is 0 Å². The number of hydrogen-bond donors (Lipinski definition) is 2. The van der Waals surface area contributed by atoms with Gasteiger partial charge < -0.3 is 15.5 Å². The molecule has 0 aliphatic rings. The predicted molar refractivity (Wildman–Crippen MR) is 111 cm³/mol. The highest BCUT2D eigenvalue weighted by molar-refractivity contribution is 5.94. The van der Waals surface area contributed by atoms with E-state index in [4.69, 9.17) is 0 Å². The largest absolute Gasteiger partial charge is 0.421 e. The van der Waals surface area contributed by atoms with Crippen LogP contribution in [-0.4, -0.2) is 51.2 Å². The monoisotopic (exact) mass is 433 g/mol. The molecule has 2 N–H and O–H groups in total. The van der Waals surface area contributed by atoms with Crippen molar-refractivity contribution in [2.75, 3.05) is 31.3 Å². The maximum absolute atomic E-state index is 13.1. The molecule has 0 spiro atoms. The van der Waals surface area contributed by atoms with Crippen molar-refractivity contribution < 1.29 is 18.0 Å². The first kappa shape index (κ1) is 22.1. The van der Waals surface area contributed by atoms with Crippen LogP contribution >= 0.6 is 0 Å². The molecule has 0 saturated heterocycles. The van der Waals surface area contributed by atoms with Gasteiger partial charge in [0, 0.05) is 32.4 Å². The second-order valence-corrected chi connectivity index (χ2v) is 6.93. The van der Waals surface area contributed by atoms with Gasteiger partial charge in [0.2, 0.25) is 5.95 Å². The molecule has 2 heterocycles. The fourth-order valence-corrected chi connectivity index (χ4v) is 2.80. The number of alkyl halides is 3. The highest BCUT2D eigenvalue weighted by Gasteiger charge is 2.35. The van der Waals surface area contributed by atoms with Gasteiger partial charge in [0.25, 0.3) is 5.91 Å². The van der Waals surface area contributed by atoms with Crippen molar-refractivity contribution >= 4 is 23.4 Å². The molecular weight excluding hydrogens is 411 g/mol.